The number of alkyl carbamates (subject to hydrolysis) is 1. The number of hydrogen-bond acceptors (Lipinski definition) is 14. The molecule has 0 radical (unpaired) electrons. The van der Waals surface area contributed by atoms with E-state index in [1.54, 1.807) is 39.0 Å². The number of nitrogens with zero attached hydrogens (tertiary/aromatic N) is 3. The Morgan fingerprint density at radius 1 is 1.00 bits per heavy atom. The van der Waals surface area contributed by atoms with E-state index in [2.05, 4.69) is 15.3 Å². The average Bonchev–Trinajstić information content (AvgIpc) is 2.99. The SMILES string of the molecule is COc1ccc(COC[C@]2(NC(=O)OC(C)(C)C)C=C[C@]3(OC2)O[C@H](COC(C)=O)[C@H](OC(C)=O)[C@H](OC(C)=O)[C@H]3N=[N+]=[N-])cc1OC. The summed E-state index contributed by atoms with van der Waals surface area (Å²) >= 11 is 0. The van der Waals surface area contributed by atoms with E-state index in [1.165, 1.54) is 33.3 Å². The maximum atomic E-state index is 13.0. The van der Waals surface area contributed by atoms with E-state index in [0.717, 1.165) is 19.4 Å². The highest BCUT2D eigenvalue weighted by Crippen LogP contribution is 2.41. The van der Waals surface area contributed by atoms with Gasteiger partial charge in [0.25, 0.3) is 0 Å². The van der Waals surface area contributed by atoms with Gasteiger partial charge in [-0.3, -0.25) is 14.4 Å². The van der Waals surface area contributed by atoms with Crippen LogP contribution in [0.15, 0.2) is 35.5 Å². The molecule has 0 aliphatic carbocycles. The van der Waals surface area contributed by atoms with Crippen LogP contribution >= 0.6 is 0 Å². The average molecular weight is 679 g/mol. The molecule has 6 atom stereocenters. The molecular weight excluding hydrogens is 636 g/mol. The van der Waals surface area contributed by atoms with Gasteiger partial charge in [0.15, 0.2) is 23.7 Å². The Labute approximate surface area is 277 Å². The standard InChI is InChI=1S/C31H42N4O13/c1-18(36)43-15-24-25(45-19(2)37)26(46-20(3)38)27(34-35-32)31(47-24)12-11-30(17-44-31,33-28(39)48-29(4,5)6)16-42-14-21-9-10-22(40-7)23(13-21)41-8/h9-13,24-27H,14-17H2,1-8H3,(H,33,39)/t24-,25+,26+,27-,30-,31+/m1/s1. The van der Waals surface area contributed by atoms with Crippen molar-refractivity contribution in [1.82, 2.24) is 5.32 Å². The fourth-order valence-electron chi connectivity index (χ4n) is 5.08. The number of carbonyl (C=O) groups is 4. The molecule has 17 nitrogen and oxygen atoms in total. The van der Waals surface area contributed by atoms with Crippen LogP contribution in [0.1, 0.15) is 47.1 Å². The van der Waals surface area contributed by atoms with E-state index < -0.39 is 71.9 Å². The van der Waals surface area contributed by atoms with Crippen molar-refractivity contribution in [3.8, 4) is 11.5 Å². The van der Waals surface area contributed by atoms with Crippen molar-refractivity contribution in [3.63, 3.8) is 0 Å². The summed E-state index contributed by atoms with van der Waals surface area (Å²) in [6.45, 7) is 7.69. The lowest BCUT2D eigenvalue weighted by atomic mass is 9.86. The van der Waals surface area contributed by atoms with Crippen molar-refractivity contribution in [2.75, 3.05) is 34.0 Å². The minimum atomic E-state index is -1.95. The summed E-state index contributed by atoms with van der Waals surface area (Å²) in [6.07, 6.45) is -1.93. The lowest BCUT2D eigenvalue weighted by Gasteiger charge is -2.51. The molecule has 264 valence electrons. The first-order valence-corrected chi connectivity index (χ1v) is 14.9. The number of amides is 1. The van der Waals surface area contributed by atoms with Gasteiger partial charge >= 0.3 is 24.0 Å². The number of rotatable bonds is 12. The number of methoxy groups -OCH3 is 2. The van der Waals surface area contributed by atoms with Crippen LogP contribution < -0.4 is 14.8 Å². The van der Waals surface area contributed by atoms with E-state index in [0.29, 0.717) is 11.5 Å². The van der Waals surface area contributed by atoms with Gasteiger partial charge in [-0.25, -0.2) is 4.79 Å². The van der Waals surface area contributed by atoms with Gasteiger partial charge in [-0.05, 0) is 50.1 Å². The molecule has 1 saturated heterocycles. The second-order valence-corrected chi connectivity index (χ2v) is 12.1. The summed E-state index contributed by atoms with van der Waals surface area (Å²) < 4.78 is 50.7. The molecule has 0 saturated carbocycles. The minimum absolute atomic E-state index is 0.0952. The predicted octanol–water partition coefficient (Wildman–Crippen LogP) is 3.27. The largest absolute Gasteiger partial charge is 0.493 e. The zero-order chi connectivity index (χ0) is 35.7. The minimum Gasteiger partial charge on any atom is -0.493 e. The molecule has 1 aromatic rings. The highest BCUT2D eigenvalue weighted by Gasteiger charge is 2.59. The van der Waals surface area contributed by atoms with Crippen LogP contribution in [0.5, 0.6) is 11.5 Å². The van der Waals surface area contributed by atoms with Gasteiger partial charge < -0.3 is 47.9 Å². The molecule has 0 unspecified atom stereocenters. The number of benzene rings is 1. The lowest BCUT2D eigenvalue weighted by molar-refractivity contribution is -0.318. The Morgan fingerprint density at radius 2 is 1.67 bits per heavy atom. The molecule has 48 heavy (non-hydrogen) atoms. The zero-order valence-electron chi connectivity index (χ0n) is 28.2. The van der Waals surface area contributed by atoms with Gasteiger partial charge in [-0.1, -0.05) is 17.3 Å². The van der Waals surface area contributed by atoms with Crippen molar-refractivity contribution < 1.29 is 61.8 Å². The zero-order valence-corrected chi connectivity index (χ0v) is 28.2. The fraction of sp³-hybridized carbons (Fsp3) is 0.613. The van der Waals surface area contributed by atoms with E-state index in [4.69, 9.17) is 42.6 Å². The molecule has 2 heterocycles. The maximum absolute atomic E-state index is 13.0. The van der Waals surface area contributed by atoms with Crippen molar-refractivity contribution in [2.24, 2.45) is 5.11 Å². The molecule has 2 aliphatic heterocycles. The van der Waals surface area contributed by atoms with Crippen LogP contribution in [0.25, 0.3) is 10.4 Å². The summed E-state index contributed by atoms with van der Waals surface area (Å²) in [4.78, 5) is 51.9. The number of carbonyl (C=O) groups excluding carboxylic acids is 4. The van der Waals surface area contributed by atoms with Crippen molar-refractivity contribution in [3.05, 3.63) is 46.4 Å². The van der Waals surface area contributed by atoms with Crippen LogP contribution in [-0.2, 0) is 54.1 Å². The van der Waals surface area contributed by atoms with E-state index in [-0.39, 0.29) is 19.8 Å². The van der Waals surface area contributed by atoms with Crippen LogP contribution in [0.3, 0.4) is 0 Å². The first-order chi connectivity index (χ1) is 22.6. The van der Waals surface area contributed by atoms with Gasteiger partial charge in [0.1, 0.15) is 29.9 Å². The highest BCUT2D eigenvalue weighted by atomic mass is 16.7. The van der Waals surface area contributed by atoms with Gasteiger partial charge in [0, 0.05) is 25.7 Å². The van der Waals surface area contributed by atoms with Crippen LogP contribution in [0.4, 0.5) is 4.79 Å². The number of azide groups is 1. The van der Waals surface area contributed by atoms with Crippen LogP contribution in [0, 0.1) is 0 Å². The third-order valence-corrected chi connectivity index (χ3v) is 7.00. The topological polar surface area (TPSA) is 212 Å². The Bertz CT molecular complexity index is 1420. The monoisotopic (exact) mass is 678 g/mol. The lowest BCUT2D eigenvalue weighted by Crippen LogP contribution is -2.69. The van der Waals surface area contributed by atoms with Gasteiger partial charge in [-0.2, -0.15) is 0 Å². The quantitative estimate of drug-likeness (QED) is 0.0841. The molecule has 1 fully saturated rings. The summed E-state index contributed by atoms with van der Waals surface area (Å²) in [6, 6.07) is 3.81. The Kier molecular flexibility index (Phi) is 12.6. The highest BCUT2D eigenvalue weighted by molar-refractivity contribution is 5.70. The molecule has 1 N–H and O–H groups in total. The number of nitrogens with one attached hydrogen (secondary N) is 1. The van der Waals surface area contributed by atoms with Crippen molar-refractivity contribution in [2.45, 2.75) is 89.4 Å². The molecule has 17 heteroatoms. The molecule has 1 amide bonds. The van der Waals surface area contributed by atoms with Gasteiger partial charge in [-0.15, -0.1) is 0 Å². The van der Waals surface area contributed by atoms with Gasteiger partial charge in [0.05, 0.1) is 34.0 Å². The second kappa shape index (κ2) is 16.0. The smallest absolute Gasteiger partial charge is 0.408 e. The summed E-state index contributed by atoms with van der Waals surface area (Å²) in [7, 11) is 3.03. The van der Waals surface area contributed by atoms with Crippen LogP contribution in [-0.4, -0.2) is 99.3 Å². The van der Waals surface area contributed by atoms with Gasteiger partial charge in [0.2, 0.25) is 5.79 Å². The third kappa shape index (κ3) is 9.97. The fourth-order valence-corrected chi connectivity index (χ4v) is 5.08. The molecule has 0 bridgehead atoms. The first kappa shape index (κ1) is 37.9. The third-order valence-electron chi connectivity index (χ3n) is 7.00. The van der Waals surface area contributed by atoms with E-state index >= 15 is 0 Å². The maximum Gasteiger partial charge on any atom is 0.408 e. The van der Waals surface area contributed by atoms with Crippen LogP contribution in [0.2, 0.25) is 0 Å². The molecular formula is C31H42N4O13. The summed E-state index contributed by atoms with van der Waals surface area (Å²) in [5.41, 5.74) is 8.06. The van der Waals surface area contributed by atoms with Crippen molar-refractivity contribution >= 4 is 24.0 Å². The molecule has 1 spiro atoms. The molecule has 1 aromatic carbocycles. The number of hydrogen-bond donors (Lipinski definition) is 1. The number of ether oxygens (including phenoxy) is 9. The van der Waals surface area contributed by atoms with E-state index in [9.17, 15) is 24.7 Å². The Hall–Kier alpha value is -4.57. The Morgan fingerprint density at radius 3 is 2.21 bits per heavy atom. The predicted molar refractivity (Wildman–Crippen MR) is 165 cm³/mol. The summed E-state index contributed by atoms with van der Waals surface area (Å²) in [5.74, 6) is -3.13. The first-order valence-electron chi connectivity index (χ1n) is 14.9. The molecule has 0 aromatic heterocycles. The Balaban J connectivity index is 2.02. The summed E-state index contributed by atoms with van der Waals surface area (Å²) in [5, 5.41) is 6.60. The second-order valence-electron chi connectivity index (χ2n) is 12.1. The normalized spacial score (nSPS) is 26.4. The van der Waals surface area contributed by atoms with E-state index in [1.807, 2.05) is 0 Å². The number of esters is 3. The van der Waals surface area contributed by atoms with Crippen molar-refractivity contribution in [1.29, 1.82) is 0 Å². The molecule has 2 aliphatic rings. The molecule has 3 rings (SSSR count).